The summed E-state index contributed by atoms with van der Waals surface area (Å²) in [5.41, 5.74) is 1.72. The minimum Gasteiger partial charge on any atom is -0.444 e. The third kappa shape index (κ3) is 9.25. The second kappa shape index (κ2) is 11.3. The fourth-order valence-electron chi connectivity index (χ4n) is 3.08. The maximum Gasteiger partial charge on any atom is 0.410 e. The molecule has 5 nitrogen and oxygen atoms in total. The molecule has 0 saturated heterocycles. The van der Waals surface area contributed by atoms with Gasteiger partial charge in [0.05, 0.1) is 12.6 Å². The van der Waals surface area contributed by atoms with E-state index in [0.29, 0.717) is 25.5 Å². The summed E-state index contributed by atoms with van der Waals surface area (Å²) in [6.07, 6.45) is 1.94. The summed E-state index contributed by atoms with van der Waals surface area (Å²) in [6.45, 7) is 11.1. The quantitative estimate of drug-likeness (QED) is 0.666. The van der Waals surface area contributed by atoms with Gasteiger partial charge in [0.2, 0.25) is 0 Å². The molecule has 1 aromatic carbocycles. The zero-order valence-electron chi connectivity index (χ0n) is 17.8. The van der Waals surface area contributed by atoms with E-state index in [1.54, 1.807) is 7.11 Å². The number of rotatable bonds is 10. The van der Waals surface area contributed by atoms with E-state index in [0.717, 1.165) is 24.0 Å². The molecule has 1 N–H and O–H groups in total. The molecule has 0 radical (unpaired) electrons. The normalized spacial score (nSPS) is 12.9. The van der Waals surface area contributed by atoms with Gasteiger partial charge in [0, 0.05) is 20.3 Å². The number of hydrogen-bond donors (Lipinski definition) is 1. The molecule has 0 fully saturated rings. The van der Waals surface area contributed by atoms with Gasteiger partial charge in [-0.05, 0) is 57.1 Å². The lowest BCUT2D eigenvalue weighted by molar-refractivity contribution is 0.00308. The number of carbonyl (C=O) groups excluding carboxylic acids is 1. The molecule has 0 spiro atoms. The fourth-order valence-corrected chi connectivity index (χ4v) is 3.08. The third-order valence-corrected chi connectivity index (χ3v) is 4.20. The van der Waals surface area contributed by atoms with Gasteiger partial charge in [-0.2, -0.15) is 0 Å². The minimum atomic E-state index is -0.536. The van der Waals surface area contributed by atoms with Crippen LogP contribution in [-0.2, 0) is 22.3 Å². The van der Waals surface area contributed by atoms with Gasteiger partial charge in [0.1, 0.15) is 5.60 Å². The van der Waals surface area contributed by atoms with E-state index < -0.39 is 5.60 Å². The summed E-state index contributed by atoms with van der Waals surface area (Å²) in [5.74, 6) is 0.447. The zero-order chi connectivity index (χ0) is 20.4. The molecule has 0 aliphatic rings. The van der Waals surface area contributed by atoms with E-state index in [9.17, 15) is 4.79 Å². The van der Waals surface area contributed by atoms with Crippen LogP contribution in [0.4, 0.5) is 4.79 Å². The van der Waals surface area contributed by atoms with E-state index >= 15 is 0 Å². The Balaban J connectivity index is 2.95. The first-order valence-corrected chi connectivity index (χ1v) is 9.83. The Kier molecular flexibility index (Phi) is 9.81. The summed E-state index contributed by atoms with van der Waals surface area (Å²) in [5, 5.41) is 9.14. The Hall–Kier alpha value is -1.59. The number of aliphatic hydroxyl groups excluding tert-OH is 1. The first-order valence-electron chi connectivity index (χ1n) is 9.83. The predicted octanol–water partition coefficient (Wildman–Crippen LogP) is 4.06. The van der Waals surface area contributed by atoms with Crippen LogP contribution in [0.3, 0.4) is 0 Å². The average Bonchev–Trinajstić information content (AvgIpc) is 2.53. The largest absolute Gasteiger partial charge is 0.444 e. The highest BCUT2D eigenvalue weighted by atomic mass is 16.6. The lowest BCUT2D eigenvalue weighted by atomic mass is 10.0. The molecule has 27 heavy (non-hydrogen) atoms. The van der Waals surface area contributed by atoms with Gasteiger partial charge in [-0.1, -0.05) is 38.1 Å². The lowest BCUT2D eigenvalue weighted by Gasteiger charge is -2.34. The first-order chi connectivity index (χ1) is 12.7. The predicted molar refractivity (Wildman–Crippen MR) is 109 cm³/mol. The molecule has 1 atom stereocenters. The van der Waals surface area contributed by atoms with Gasteiger partial charge in [0.15, 0.2) is 0 Å². The molecule has 0 bridgehead atoms. The van der Waals surface area contributed by atoms with Crippen molar-refractivity contribution in [3.63, 3.8) is 0 Å². The van der Waals surface area contributed by atoms with Crippen LogP contribution in [0.1, 0.15) is 52.2 Å². The molecule has 0 unspecified atom stereocenters. The number of carbonyl (C=O) groups is 1. The molecule has 1 aromatic rings. The molecule has 0 aliphatic carbocycles. The minimum absolute atomic E-state index is 0.0227. The highest BCUT2D eigenvalue weighted by Gasteiger charge is 2.28. The Morgan fingerprint density at radius 3 is 2.33 bits per heavy atom. The SMILES string of the molecule is COC[C@H](CC(C)C)N(CCc1cccc(CCO)c1)C(=O)OC(C)(C)C. The molecule has 154 valence electrons. The number of nitrogens with zero attached hydrogens (tertiary/aromatic N) is 1. The standard InChI is InChI=1S/C22H37NO4/c1-17(2)14-20(16-26-6)23(21(25)27-22(3,4)5)12-10-18-8-7-9-19(15-18)11-13-24/h7-9,15,17,20,24H,10-14,16H2,1-6H3/t20-/m0/s1. The van der Waals surface area contributed by atoms with Crippen molar-refractivity contribution < 1.29 is 19.4 Å². The Morgan fingerprint density at radius 1 is 1.19 bits per heavy atom. The van der Waals surface area contributed by atoms with Crippen molar-refractivity contribution in [1.29, 1.82) is 0 Å². The molecule has 1 rings (SSSR count). The molecule has 0 aliphatic heterocycles. The van der Waals surface area contributed by atoms with E-state index in [4.69, 9.17) is 14.6 Å². The van der Waals surface area contributed by atoms with Gasteiger partial charge in [-0.3, -0.25) is 0 Å². The van der Waals surface area contributed by atoms with Crippen LogP contribution < -0.4 is 0 Å². The number of hydrogen-bond acceptors (Lipinski definition) is 4. The first kappa shape index (κ1) is 23.4. The van der Waals surface area contributed by atoms with Crippen LogP contribution >= 0.6 is 0 Å². The van der Waals surface area contributed by atoms with E-state index in [2.05, 4.69) is 26.0 Å². The molecule has 1 amide bonds. The van der Waals surface area contributed by atoms with E-state index in [-0.39, 0.29) is 18.7 Å². The molecular formula is C22H37NO4. The maximum atomic E-state index is 12.9. The second-order valence-corrected chi connectivity index (χ2v) is 8.46. The van der Waals surface area contributed by atoms with Gasteiger partial charge >= 0.3 is 6.09 Å². The van der Waals surface area contributed by atoms with E-state index in [1.165, 1.54) is 0 Å². The van der Waals surface area contributed by atoms with E-state index in [1.807, 2.05) is 37.8 Å². The van der Waals surface area contributed by atoms with Crippen LogP contribution in [0.25, 0.3) is 0 Å². The fraction of sp³-hybridized carbons (Fsp3) is 0.682. The molecule has 5 heteroatoms. The Labute approximate surface area is 164 Å². The lowest BCUT2D eigenvalue weighted by Crippen LogP contribution is -2.47. The summed E-state index contributed by atoms with van der Waals surface area (Å²) >= 11 is 0. The number of benzene rings is 1. The van der Waals surface area contributed by atoms with Crippen LogP contribution in [0.2, 0.25) is 0 Å². The summed E-state index contributed by atoms with van der Waals surface area (Å²) in [4.78, 5) is 14.7. The average molecular weight is 380 g/mol. The summed E-state index contributed by atoms with van der Waals surface area (Å²) in [6, 6.07) is 8.14. The van der Waals surface area contributed by atoms with Crippen LogP contribution in [0.15, 0.2) is 24.3 Å². The van der Waals surface area contributed by atoms with Crippen molar-refractivity contribution in [1.82, 2.24) is 4.90 Å². The third-order valence-electron chi connectivity index (χ3n) is 4.20. The highest BCUT2D eigenvalue weighted by molar-refractivity contribution is 5.68. The monoisotopic (exact) mass is 379 g/mol. The van der Waals surface area contributed by atoms with Gasteiger partial charge in [0.25, 0.3) is 0 Å². The maximum absolute atomic E-state index is 12.9. The van der Waals surface area contributed by atoms with Gasteiger partial charge in [-0.25, -0.2) is 4.79 Å². The Bertz CT molecular complexity index is 566. The zero-order valence-corrected chi connectivity index (χ0v) is 17.8. The van der Waals surface area contributed by atoms with Crippen molar-refractivity contribution in [2.24, 2.45) is 5.92 Å². The molecule has 0 aromatic heterocycles. The van der Waals surface area contributed by atoms with Gasteiger partial charge in [-0.15, -0.1) is 0 Å². The van der Waals surface area contributed by atoms with Crippen molar-refractivity contribution in [2.45, 2.75) is 65.5 Å². The Morgan fingerprint density at radius 2 is 1.81 bits per heavy atom. The van der Waals surface area contributed by atoms with Crippen molar-refractivity contribution in [3.8, 4) is 0 Å². The number of aliphatic hydroxyl groups is 1. The molecule has 0 heterocycles. The van der Waals surface area contributed by atoms with Crippen LogP contribution in [-0.4, -0.2) is 54.6 Å². The van der Waals surface area contributed by atoms with Gasteiger partial charge < -0.3 is 19.5 Å². The van der Waals surface area contributed by atoms with Crippen molar-refractivity contribution >= 4 is 6.09 Å². The summed E-state index contributed by atoms with van der Waals surface area (Å²) in [7, 11) is 1.67. The van der Waals surface area contributed by atoms with Crippen molar-refractivity contribution in [3.05, 3.63) is 35.4 Å². The molecule has 0 saturated carbocycles. The topological polar surface area (TPSA) is 59.0 Å². The number of methoxy groups -OCH3 is 1. The van der Waals surface area contributed by atoms with Crippen LogP contribution in [0, 0.1) is 5.92 Å². The highest BCUT2D eigenvalue weighted by Crippen LogP contribution is 2.18. The van der Waals surface area contributed by atoms with Crippen molar-refractivity contribution in [2.75, 3.05) is 26.9 Å². The van der Waals surface area contributed by atoms with Crippen LogP contribution in [0.5, 0.6) is 0 Å². The second-order valence-electron chi connectivity index (χ2n) is 8.46. The molecular weight excluding hydrogens is 342 g/mol. The smallest absolute Gasteiger partial charge is 0.410 e. The summed E-state index contributed by atoms with van der Waals surface area (Å²) < 4.78 is 11.0. The number of amides is 1. The number of ether oxygens (including phenoxy) is 2.